The second-order valence-electron chi connectivity index (χ2n) is 6.54. The fourth-order valence-corrected chi connectivity index (χ4v) is 4.54. The Balaban J connectivity index is 2.06. The van der Waals surface area contributed by atoms with Crippen molar-refractivity contribution in [1.29, 1.82) is 0 Å². The van der Waals surface area contributed by atoms with Gasteiger partial charge >= 0.3 is 10.4 Å². The van der Waals surface area contributed by atoms with Crippen molar-refractivity contribution in [3.63, 3.8) is 0 Å². The molecule has 1 saturated heterocycles. The summed E-state index contributed by atoms with van der Waals surface area (Å²) in [4.78, 5) is 2.80. The molecule has 150 valence electrons. The van der Waals surface area contributed by atoms with E-state index in [0.29, 0.717) is 0 Å². The first-order chi connectivity index (χ1) is 12.6. The SMILES string of the molecule is Cc1ccc(OS(=O)(=O)OCC2O[C@@H](S(C)=O)C(N=[N+]=[N-])[C@@H](C)[C@@H]2C)cc1. The Labute approximate surface area is 161 Å². The number of nitrogens with zero attached hydrogens (tertiary/aromatic N) is 3. The fourth-order valence-electron chi connectivity index (χ4n) is 2.85. The summed E-state index contributed by atoms with van der Waals surface area (Å²) < 4.78 is 51.7. The van der Waals surface area contributed by atoms with Crippen LogP contribution in [0.15, 0.2) is 29.4 Å². The number of rotatable bonds is 7. The first kappa shape index (κ1) is 21.6. The summed E-state index contributed by atoms with van der Waals surface area (Å²) in [7, 11) is -5.71. The van der Waals surface area contributed by atoms with Crippen molar-refractivity contribution in [2.24, 2.45) is 17.0 Å². The molecule has 1 aliphatic heterocycles. The van der Waals surface area contributed by atoms with Crippen LogP contribution in [-0.2, 0) is 30.1 Å². The summed E-state index contributed by atoms with van der Waals surface area (Å²) in [5, 5.41) is 3.70. The van der Waals surface area contributed by atoms with Crippen molar-refractivity contribution in [1.82, 2.24) is 0 Å². The van der Waals surface area contributed by atoms with Gasteiger partial charge in [0.2, 0.25) is 0 Å². The zero-order valence-electron chi connectivity index (χ0n) is 15.5. The van der Waals surface area contributed by atoms with Gasteiger partial charge < -0.3 is 8.92 Å². The van der Waals surface area contributed by atoms with Gasteiger partial charge in [0.25, 0.3) is 0 Å². The molecule has 0 aliphatic carbocycles. The van der Waals surface area contributed by atoms with E-state index in [1.54, 1.807) is 12.1 Å². The van der Waals surface area contributed by atoms with Crippen LogP contribution in [0.1, 0.15) is 19.4 Å². The highest BCUT2D eigenvalue weighted by Crippen LogP contribution is 2.34. The van der Waals surface area contributed by atoms with E-state index < -0.39 is 38.8 Å². The van der Waals surface area contributed by atoms with Gasteiger partial charge in [0, 0.05) is 22.0 Å². The minimum Gasteiger partial charge on any atom is -0.362 e. The number of aryl methyl sites for hydroxylation is 1. The van der Waals surface area contributed by atoms with E-state index in [1.165, 1.54) is 18.4 Å². The molecule has 9 nitrogen and oxygen atoms in total. The highest BCUT2D eigenvalue weighted by atomic mass is 32.3. The summed E-state index contributed by atoms with van der Waals surface area (Å²) in [5.74, 6) is -0.213. The van der Waals surface area contributed by atoms with E-state index in [1.807, 2.05) is 20.8 Å². The third-order valence-electron chi connectivity index (χ3n) is 4.65. The summed E-state index contributed by atoms with van der Waals surface area (Å²) in [6.07, 6.45) is 0.804. The monoisotopic (exact) mass is 417 g/mol. The van der Waals surface area contributed by atoms with E-state index in [2.05, 4.69) is 10.0 Å². The third kappa shape index (κ3) is 5.66. The number of azide groups is 1. The average molecular weight is 418 g/mol. The lowest BCUT2D eigenvalue weighted by Gasteiger charge is -2.41. The molecule has 11 heteroatoms. The van der Waals surface area contributed by atoms with Crippen LogP contribution >= 0.6 is 0 Å². The lowest BCUT2D eigenvalue weighted by molar-refractivity contribution is -0.0927. The molecule has 1 aromatic rings. The van der Waals surface area contributed by atoms with E-state index in [4.69, 9.17) is 18.6 Å². The van der Waals surface area contributed by atoms with Crippen LogP contribution in [0.4, 0.5) is 0 Å². The molecule has 0 aromatic heterocycles. The summed E-state index contributed by atoms with van der Waals surface area (Å²) in [5.41, 5.74) is 8.87. The van der Waals surface area contributed by atoms with Gasteiger partial charge in [-0.25, -0.2) is 4.18 Å². The van der Waals surface area contributed by atoms with Gasteiger partial charge in [-0.3, -0.25) is 4.21 Å². The molecule has 2 rings (SSSR count). The topological polar surface area (TPSA) is 128 Å². The van der Waals surface area contributed by atoms with Gasteiger partial charge in [0.15, 0.2) is 0 Å². The predicted octanol–water partition coefficient (Wildman–Crippen LogP) is 2.69. The maximum absolute atomic E-state index is 12.1. The Morgan fingerprint density at radius 1 is 1.26 bits per heavy atom. The zero-order valence-corrected chi connectivity index (χ0v) is 17.1. The van der Waals surface area contributed by atoms with Gasteiger partial charge in [-0.15, -0.1) is 0 Å². The lowest BCUT2D eigenvalue weighted by Crippen LogP contribution is -2.51. The maximum Gasteiger partial charge on any atom is 0.449 e. The molecule has 1 fully saturated rings. The summed E-state index contributed by atoms with van der Waals surface area (Å²) in [6, 6.07) is 5.89. The Bertz CT molecular complexity index is 823. The Morgan fingerprint density at radius 3 is 2.44 bits per heavy atom. The smallest absolute Gasteiger partial charge is 0.362 e. The fraction of sp³-hybridized carbons (Fsp3) is 0.625. The molecule has 0 N–H and O–H groups in total. The Hall–Kier alpha value is -1.65. The summed E-state index contributed by atoms with van der Waals surface area (Å²) >= 11 is 0. The van der Waals surface area contributed by atoms with Crippen molar-refractivity contribution >= 4 is 21.2 Å². The zero-order chi connectivity index (χ0) is 20.2. The molecule has 0 saturated carbocycles. The normalized spacial score (nSPS) is 29.6. The molecular formula is C16H23N3O6S2. The molecule has 1 aliphatic rings. The van der Waals surface area contributed by atoms with Crippen LogP contribution in [0, 0.1) is 18.8 Å². The molecule has 3 unspecified atom stereocenters. The molecule has 0 amide bonds. The lowest BCUT2D eigenvalue weighted by atomic mass is 9.83. The number of benzene rings is 1. The highest BCUT2D eigenvalue weighted by molar-refractivity contribution is 7.84. The summed E-state index contributed by atoms with van der Waals surface area (Å²) in [6.45, 7) is 5.25. The molecule has 1 heterocycles. The van der Waals surface area contributed by atoms with Crippen LogP contribution < -0.4 is 4.18 Å². The van der Waals surface area contributed by atoms with Crippen molar-refractivity contribution in [3.8, 4) is 5.75 Å². The molecular weight excluding hydrogens is 394 g/mol. The van der Waals surface area contributed by atoms with Gasteiger partial charge in [-0.1, -0.05) is 36.7 Å². The Kier molecular flexibility index (Phi) is 7.24. The third-order valence-corrected chi connectivity index (χ3v) is 6.52. The first-order valence-corrected chi connectivity index (χ1v) is 11.3. The van der Waals surface area contributed by atoms with Crippen LogP contribution in [-0.4, -0.2) is 43.1 Å². The van der Waals surface area contributed by atoms with Crippen molar-refractivity contribution in [3.05, 3.63) is 40.3 Å². The van der Waals surface area contributed by atoms with Crippen LogP contribution in [0.5, 0.6) is 5.75 Å². The van der Waals surface area contributed by atoms with Crippen molar-refractivity contribution < 1.29 is 25.7 Å². The first-order valence-electron chi connectivity index (χ1n) is 8.32. The maximum atomic E-state index is 12.1. The number of hydrogen-bond acceptors (Lipinski definition) is 7. The predicted molar refractivity (Wildman–Crippen MR) is 101 cm³/mol. The molecule has 0 bridgehead atoms. The van der Waals surface area contributed by atoms with Crippen molar-refractivity contribution in [2.75, 3.05) is 12.9 Å². The molecule has 0 spiro atoms. The van der Waals surface area contributed by atoms with Crippen LogP contribution in [0.25, 0.3) is 10.4 Å². The molecule has 1 aromatic carbocycles. The highest BCUT2D eigenvalue weighted by Gasteiger charge is 2.43. The Morgan fingerprint density at radius 2 is 1.89 bits per heavy atom. The quantitative estimate of drug-likeness (QED) is 0.381. The molecule has 6 atom stereocenters. The minimum atomic E-state index is -4.29. The largest absolute Gasteiger partial charge is 0.449 e. The van der Waals surface area contributed by atoms with Gasteiger partial charge in [-0.05, 0) is 36.4 Å². The van der Waals surface area contributed by atoms with E-state index in [9.17, 15) is 12.6 Å². The van der Waals surface area contributed by atoms with E-state index in [0.717, 1.165) is 5.56 Å². The molecule has 0 radical (unpaired) electrons. The second-order valence-corrected chi connectivity index (χ2v) is 9.23. The second kappa shape index (κ2) is 9.03. The average Bonchev–Trinajstić information content (AvgIpc) is 2.60. The van der Waals surface area contributed by atoms with E-state index >= 15 is 0 Å². The van der Waals surface area contributed by atoms with Gasteiger partial charge in [0.05, 0.1) is 18.8 Å². The number of hydrogen-bond donors (Lipinski definition) is 0. The number of ether oxygens (including phenoxy) is 1. The minimum absolute atomic E-state index is 0.141. The van der Waals surface area contributed by atoms with Gasteiger partial charge in [0.1, 0.15) is 11.2 Å². The van der Waals surface area contributed by atoms with Crippen LogP contribution in [0.2, 0.25) is 0 Å². The standard InChI is InChI=1S/C16H23N3O6S2/c1-10-5-7-13(8-6-10)25-27(21,22)23-9-14-11(2)12(3)15(18-19-17)16(24-14)26(4)20/h5-8,11-12,14-16H,9H2,1-4H3/t11-,12-,14?,15?,16-,26?/m0/s1. The van der Waals surface area contributed by atoms with Crippen molar-refractivity contribution in [2.45, 2.75) is 38.4 Å². The molecule has 27 heavy (non-hydrogen) atoms. The van der Waals surface area contributed by atoms with Gasteiger partial charge in [-0.2, -0.15) is 8.42 Å². The van der Waals surface area contributed by atoms with E-state index in [-0.39, 0.29) is 24.2 Å². The van der Waals surface area contributed by atoms with Crippen LogP contribution in [0.3, 0.4) is 0 Å².